The monoisotopic (exact) mass is 266 g/mol. The zero-order valence-corrected chi connectivity index (χ0v) is 12.6. The lowest BCUT2D eigenvalue weighted by atomic mass is 9.79. The van der Waals surface area contributed by atoms with Crippen molar-refractivity contribution in [2.24, 2.45) is 17.6 Å². The second kappa shape index (κ2) is 6.74. The first-order chi connectivity index (χ1) is 9.09. The molecule has 0 aliphatic heterocycles. The first-order valence-electron chi connectivity index (χ1n) is 8.12. The highest BCUT2D eigenvalue weighted by atomic mass is 16.2. The van der Waals surface area contributed by atoms with Crippen LogP contribution in [0, 0.1) is 11.8 Å². The maximum absolute atomic E-state index is 12.6. The summed E-state index contributed by atoms with van der Waals surface area (Å²) < 4.78 is 0. The summed E-state index contributed by atoms with van der Waals surface area (Å²) in [4.78, 5) is 14.7. The highest BCUT2D eigenvalue weighted by Crippen LogP contribution is 2.30. The Morgan fingerprint density at radius 1 is 1.05 bits per heavy atom. The second-order valence-electron chi connectivity index (χ2n) is 6.75. The minimum absolute atomic E-state index is 0.180. The highest BCUT2D eigenvalue weighted by Gasteiger charge is 2.33. The maximum Gasteiger partial charge on any atom is 0.225 e. The molecule has 2 saturated carbocycles. The number of rotatable bonds is 2. The van der Waals surface area contributed by atoms with E-state index in [0.29, 0.717) is 17.9 Å². The first-order valence-corrected chi connectivity index (χ1v) is 8.12. The number of amides is 1. The topological polar surface area (TPSA) is 46.3 Å². The van der Waals surface area contributed by atoms with Crippen molar-refractivity contribution >= 4 is 5.91 Å². The van der Waals surface area contributed by atoms with E-state index in [1.165, 1.54) is 38.5 Å². The zero-order chi connectivity index (χ0) is 13.8. The predicted molar refractivity (Wildman–Crippen MR) is 78.7 cm³/mol. The van der Waals surface area contributed by atoms with E-state index < -0.39 is 0 Å². The lowest BCUT2D eigenvalue weighted by molar-refractivity contribution is -0.138. The molecule has 0 aromatic heterocycles. The third-order valence-corrected chi connectivity index (χ3v) is 5.33. The fourth-order valence-corrected chi connectivity index (χ4v) is 3.69. The van der Waals surface area contributed by atoms with E-state index in [-0.39, 0.29) is 12.0 Å². The Balaban J connectivity index is 1.90. The minimum Gasteiger partial charge on any atom is -0.343 e. The third kappa shape index (κ3) is 3.71. The van der Waals surface area contributed by atoms with E-state index in [4.69, 9.17) is 5.73 Å². The van der Waals surface area contributed by atoms with Crippen LogP contribution in [-0.2, 0) is 4.79 Å². The molecule has 3 atom stereocenters. The van der Waals surface area contributed by atoms with Crippen LogP contribution in [0.1, 0.15) is 64.7 Å². The molecule has 0 radical (unpaired) electrons. The molecule has 3 heteroatoms. The van der Waals surface area contributed by atoms with Gasteiger partial charge in [0.15, 0.2) is 0 Å². The molecular formula is C16H30N2O. The molecule has 0 spiro atoms. The van der Waals surface area contributed by atoms with Gasteiger partial charge in [-0.05, 0) is 38.0 Å². The lowest BCUT2D eigenvalue weighted by Crippen LogP contribution is -2.45. The Bertz CT molecular complexity index is 297. The van der Waals surface area contributed by atoms with Gasteiger partial charge in [0.25, 0.3) is 0 Å². The van der Waals surface area contributed by atoms with E-state index >= 15 is 0 Å². The van der Waals surface area contributed by atoms with Gasteiger partial charge in [0, 0.05) is 25.0 Å². The number of carbonyl (C=O) groups is 1. The van der Waals surface area contributed by atoms with Crippen LogP contribution in [0.2, 0.25) is 0 Å². The first kappa shape index (κ1) is 14.8. The van der Waals surface area contributed by atoms with Crippen LogP contribution in [-0.4, -0.2) is 29.9 Å². The second-order valence-corrected chi connectivity index (χ2v) is 6.75. The van der Waals surface area contributed by atoms with E-state index in [0.717, 1.165) is 19.3 Å². The van der Waals surface area contributed by atoms with E-state index in [1.807, 2.05) is 7.05 Å². The van der Waals surface area contributed by atoms with Crippen molar-refractivity contribution in [3.05, 3.63) is 0 Å². The van der Waals surface area contributed by atoms with Crippen molar-refractivity contribution in [2.45, 2.75) is 76.8 Å². The van der Waals surface area contributed by atoms with Gasteiger partial charge in [-0.2, -0.15) is 0 Å². The van der Waals surface area contributed by atoms with Gasteiger partial charge < -0.3 is 10.6 Å². The molecular weight excluding hydrogens is 236 g/mol. The minimum atomic E-state index is 0.180. The molecule has 1 amide bonds. The fourth-order valence-electron chi connectivity index (χ4n) is 3.69. The highest BCUT2D eigenvalue weighted by molar-refractivity contribution is 5.79. The molecule has 19 heavy (non-hydrogen) atoms. The molecule has 2 N–H and O–H groups in total. The predicted octanol–water partition coefficient (Wildman–Crippen LogP) is 2.93. The summed E-state index contributed by atoms with van der Waals surface area (Å²) in [5, 5.41) is 0. The van der Waals surface area contributed by atoms with Crippen molar-refractivity contribution < 1.29 is 4.79 Å². The Hall–Kier alpha value is -0.570. The quantitative estimate of drug-likeness (QED) is 0.781. The van der Waals surface area contributed by atoms with Crippen molar-refractivity contribution in [2.75, 3.05) is 7.05 Å². The molecule has 3 unspecified atom stereocenters. The maximum atomic E-state index is 12.6. The van der Waals surface area contributed by atoms with Crippen LogP contribution in [0.15, 0.2) is 0 Å². The summed E-state index contributed by atoms with van der Waals surface area (Å²) in [6.07, 6.45) is 10.6. The van der Waals surface area contributed by atoms with Gasteiger partial charge in [-0.3, -0.25) is 4.79 Å². The van der Waals surface area contributed by atoms with E-state index in [2.05, 4.69) is 11.8 Å². The van der Waals surface area contributed by atoms with Gasteiger partial charge in [-0.15, -0.1) is 0 Å². The molecule has 2 rings (SSSR count). The third-order valence-electron chi connectivity index (χ3n) is 5.33. The van der Waals surface area contributed by atoms with E-state index in [1.54, 1.807) is 0 Å². The van der Waals surface area contributed by atoms with Gasteiger partial charge in [0.1, 0.15) is 0 Å². The van der Waals surface area contributed by atoms with Crippen LogP contribution >= 0.6 is 0 Å². The number of nitrogens with zero attached hydrogens (tertiary/aromatic N) is 1. The average Bonchev–Trinajstić information content (AvgIpc) is 2.69. The Labute approximate surface area is 117 Å². The molecule has 110 valence electrons. The molecule has 2 aliphatic rings. The van der Waals surface area contributed by atoms with Gasteiger partial charge in [0.05, 0.1) is 0 Å². The molecule has 0 aromatic carbocycles. The molecule has 0 heterocycles. The number of nitrogens with two attached hydrogens (primary N) is 1. The molecule has 0 saturated heterocycles. The summed E-state index contributed by atoms with van der Waals surface area (Å²) in [6.45, 7) is 2.21. The normalized spacial score (nSPS) is 33.7. The summed E-state index contributed by atoms with van der Waals surface area (Å²) in [5.41, 5.74) is 6.14. The lowest BCUT2D eigenvalue weighted by Gasteiger charge is -2.36. The molecule has 2 aliphatic carbocycles. The molecule has 2 fully saturated rings. The molecule has 0 bridgehead atoms. The van der Waals surface area contributed by atoms with Crippen LogP contribution in [0.3, 0.4) is 0 Å². The molecule has 3 nitrogen and oxygen atoms in total. The smallest absolute Gasteiger partial charge is 0.225 e. The Kier molecular flexibility index (Phi) is 5.26. The summed E-state index contributed by atoms with van der Waals surface area (Å²) in [5.74, 6) is 1.11. The van der Waals surface area contributed by atoms with Gasteiger partial charge in [-0.25, -0.2) is 0 Å². The van der Waals surface area contributed by atoms with E-state index in [9.17, 15) is 4.79 Å². The summed E-state index contributed by atoms with van der Waals surface area (Å²) in [6, 6.07) is 0.691. The van der Waals surface area contributed by atoms with Gasteiger partial charge in [-0.1, -0.05) is 32.6 Å². The van der Waals surface area contributed by atoms with Crippen LogP contribution in [0.5, 0.6) is 0 Å². The van der Waals surface area contributed by atoms with Crippen LogP contribution < -0.4 is 5.73 Å². The van der Waals surface area contributed by atoms with Gasteiger partial charge in [0.2, 0.25) is 5.91 Å². The Morgan fingerprint density at radius 3 is 2.26 bits per heavy atom. The van der Waals surface area contributed by atoms with Gasteiger partial charge >= 0.3 is 0 Å². The fraction of sp³-hybridized carbons (Fsp3) is 0.938. The standard InChI is InChI=1S/C16H30N2O/c1-12-9-10-13(11-15(12)17)16(19)18(2)14-7-5-3-4-6-8-14/h12-15H,3-11,17H2,1-2H3. The number of hydrogen-bond donors (Lipinski definition) is 1. The van der Waals surface area contributed by atoms with Crippen molar-refractivity contribution in [3.63, 3.8) is 0 Å². The molecule has 0 aromatic rings. The SMILES string of the molecule is CC1CCC(C(=O)N(C)C2CCCCCC2)CC1N. The van der Waals surface area contributed by atoms with Crippen molar-refractivity contribution in [1.29, 1.82) is 0 Å². The zero-order valence-electron chi connectivity index (χ0n) is 12.6. The van der Waals surface area contributed by atoms with Crippen molar-refractivity contribution in [1.82, 2.24) is 4.90 Å². The van der Waals surface area contributed by atoms with Crippen LogP contribution in [0.25, 0.3) is 0 Å². The largest absolute Gasteiger partial charge is 0.343 e. The average molecular weight is 266 g/mol. The Morgan fingerprint density at radius 2 is 1.68 bits per heavy atom. The number of hydrogen-bond acceptors (Lipinski definition) is 2. The van der Waals surface area contributed by atoms with Crippen molar-refractivity contribution in [3.8, 4) is 0 Å². The number of carbonyl (C=O) groups excluding carboxylic acids is 1. The summed E-state index contributed by atoms with van der Waals surface area (Å²) >= 11 is 0. The van der Waals surface area contributed by atoms with Crippen LogP contribution in [0.4, 0.5) is 0 Å². The summed E-state index contributed by atoms with van der Waals surface area (Å²) in [7, 11) is 2.02.